The predicted molar refractivity (Wildman–Crippen MR) is 145 cm³/mol. The van der Waals surface area contributed by atoms with Gasteiger partial charge in [-0.25, -0.2) is 0 Å². The maximum atomic E-state index is 9.87. The molecule has 0 N–H and O–H groups in total. The van der Waals surface area contributed by atoms with Crippen LogP contribution in [0.5, 0.6) is 0 Å². The summed E-state index contributed by atoms with van der Waals surface area (Å²) in [4.78, 5) is 4.76. The summed E-state index contributed by atoms with van der Waals surface area (Å²) in [6, 6.07) is 16.2. The third-order valence-corrected chi connectivity index (χ3v) is 8.19. The van der Waals surface area contributed by atoms with E-state index in [0.717, 1.165) is 44.2 Å². The van der Waals surface area contributed by atoms with Crippen LogP contribution in [0.15, 0.2) is 42.6 Å². The molecule has 184 valence electrons. The molecule has 0 amide bonds. The number of benzene rings is 1. The van der Waals surface area contributed by atoms with Gasteiger partial charge in [0.1, 0.15) is 0 Å². The molecule has 1 saturated carbocycles. The quantitative estimate of drug-likeness (QED) is 0.280. The Balaban J connectivity index is 1.48. The molecule has 0 bridgehead atoms. The maximum Gasteiger partial charge on any atom is 0.0702 e. The molecule has 1 aliphatic carbocycles. The van der Waals surface area contributed by atoms with Crippen LogP contribution in [0.3, 0.4) is 0 Å². The summed E-state index contributed by atoms with van der Waals surface area (Å²) in [5, 5.41) is 9.87. The number of hydrogen-bond acceptors (Lipinski definition) is 2. The number of unbranched alkanes of at least 4 members (excludes halogenated alkanes) is 6. The molecule has 1 aromatic heterocycles. The van der Waals surface area contributed by atoms with E-state index < -0.39 is 0 Å². The number of rotatable bonds is 13. The standard InChI is InChI=1S/C32H46N2/c1-4-6-7-8-9-10-11-12-27-13-18-31(34-24-27)30-16-14-28(15-17-30)29-19-21-32(25-33,22-20-29)23-26(3)5-2/h13-18,24,26,29H,4-12,19-23H2,1-3H3/t26-,29-,32-/m0/s1. The second-order valence-corrected chi connectivity index (χ2v) is 10.9. The molecular weight excluding hydrogens is 412 g/mol. The van der Waals surface area contributed by atoms with Gasteiger partial charge in [0.05, 0.1) is 17.2 Å². The first kappa shape index (κ1) is 26.5. The lowest BCUT2D eigenvalue weighted by Gasteiger charge is -2.36. The Kier molecular flexibility index (Phi) is 10.6. The number of aryl methyl sites for hydroxylation is 1. The Morgan fingerprint density at radius 2 is 1.62 bits per heavy atom. The van der Waals surface area contributed by atoms with Crippen LogP contribution in [0, 0.1) is 22.7 Å². The largest absolute Gasteiger partial charge is 0.256 e. The smallest absolute Gasteiger partial charge is 0.0702 e. The molecule has 2 aromatic rings. The molecular formula is C32H46N2. The molecule has 1 atom stereocenters. The number of hydrogen-bond donors (Lipinski definition) is 0. The fourth-order valence-electron chi connectivity index (χ4n) is 5.63. The van der Waals surface area contributed by atoms with E-state index in [1.54, 1.807) is 0 Å². The van der Waals surface area contributed by atoms with Crippen LogP contribution in [-0.4, -0.2) is 4.98 Å². The molecule has 1 aromatic carbocycles. The summed E-state index contributed by atoms with van der Waals surface area (Å²) in [6.07, 6.45) is 19.3. The summed E-state index contributed by atoms with van der Waals surface area (Å²) in [5.74, 6) is 1.23. The molecule has 0 aliphatic heterocycles. The highest BCUT2D eigenvalue weighted by Crippen LogP contribution is 2.46. The monoisotopic (exact) mass is 458 g/mol. The molecule has 1 heterocycles. The van der Waals surface area contributed by atoms with Crippen molar-refractivity contribution in [1.82, 2.24) is 4.98 Å². The van der Waals surface area contributed by atoms with E-state index in [9.17, 15) is 5.26 Å². The highest BCUT2D eigenvalue weighted by molar-refractivity contribution is 5.59. The average molecular weight is 459 g/mol. The predicted octanol–water partition coefficient (Wildman–Crippen LogP) is 9.65. The average Bonchev–Trinajstić information content (AvgIpc) is 2.89. The molecule has 1 aliphatic rings. The molecule has 1 fully saturated rings. The lowest BCUT2D eigenvalue weighted by Crippen LogP contribution is -2.27. The first-order chi connectivity index (χ1) is 16.6. The summed E-state index contributed by atoms with van der Waals surface area (Å²) in [5.41, 5.74) is 4.96. The molecule has 0 radical (unpaired) electrons. The first-order valence-electron chi connectivity index (χ1n) is 14.1. The highest BCUT2D eigenvalue weighted by Gasteiger charge is 2.36. The van der Waals surface area contributed by atoms with Gasteiger partial charge >= 0.3 is 0 Å². The Bertz CT molecular complexity index is 867. The van der Waals surface area contributed by atoms with E-state index in [0.29, 0.717) is 11.8 Å². The third-order valence-electron chi connectivity index (χ3n) is 8.19. The van der Waals surface area contributed by atoms with Gasteiger partial charge in [0.2, 0.25) is 0 Å². The minimum Gasteiger partial charge on any atom is -0.256 e. The summed E-state index contributed by atoms with van der Waals surface area (Å²) < 4.78 is 0. The third kappa shape index (κ3) is 7.69. The molecule has 0 spiro atoms. The maximum absolute atomic E-state index is 9.87. The molecule has 3 rings (SSSR count). The molecule has 34 heavy (non-hydrogen) atoms. The Morgan fingerprint density at radius 3 is 2.21 bits per heavy atom. The van der Waals surface area contributed by atoms with Gasteiger partial charge < -0.3 is 0 Å². The van der Waals surface area contributed by atoms with Crippen molar-refractivity contribution in [3.63, 3.8) is 0 Å². The van der Waals surface area contributed by atoms with Crippen molar-refractivity contribution >= 4 is 0 Å². The van der Waals surface area contributed by atoms with Gasteiger partial charge in [-0.3, -0.25) is 4.98 Å². The number of aromatic nitrogens is 1. The zero-order valence-electron chi connectivity index (χ0n) is 22.0. The SMILES string of the molecule is CCCCCCCCCc1ccc(-c2ccc([C@H]3CC[C@@](C#N)(C[C@@H](C)CC)CC3)cc2)nc1. The number of nitriles is 1. The Morgan fingerprint density at radius 1 is 0.941 bits per heavy atom. The highest BCUT2D eigenvalue weighted by atomic mass is 14.7. The van der Waals surface area contributed by atoms with E-state index in [1.807, 2.05) is 0 Å². The zero-order valence-corrected chi connectivity index (χ0v) is 22.0. The van der Waals surface area contributed by atoms with Gasteiger partial charge in [-0.05, 0) is 74.0 Å². The number of pyridine rings is 1. The van der Waals surface area contributed by atoms with Gasteiger partial charge in [-0.2, -0.15) is 5.26 Å². The van der Waals surface area contributed by atoms with Gasteiger partial charge in [-0.1, -0.05) is 96.0 Å². The molecule has 2 heteroatoms. The van der Waals surface area contributed by atoms with Crippen LogP contribution < -0.4 is 0 Å². The second kappa shape index (κ2) is 13.7. The van der Waals surface area contributed by atoms with Gasteiger partial charge in [0.25, 0.3) is 0 Å². The molecule has 0 unspecified atom stereocenters. The van der Waals surface area contributed by atoms with Crippen LogP contribution in [0.1, 0.15) is 121 Å². The van der Waals surface area contributed by atoms with Crippen molar-refractivity contribution < 1.29 is 0 Å². The fourth-order valence-corrected chi connectivity index (χ4v) is 5.63. The normalized spacial score (nSPS) is 21.2. The summed E-state index contributed by atoms with van der Waals surface area (Å²) in [6.45, 7) is 6.80. The van der Waals surface area contributed by atoms with Crippen LogP contribution in [0.2, 0.25) is 0 Å². The first-order valence-corrected chi connectivity index (χ1v) is 14.1. The van der Waals surface area contributed by atoms with Crippen LogP contribution >= 0.6 is 0 Å². The van der Waals surface area contributed by atoms with Crippen LogP contribution in [-0.2, 0) is 6.42 Å². The summed E-state index contributed by atoms with van der Waals surface area (Å²) in [7, 11) is 0. The van der Waals surface area contributed by atoms with Crippen molar-refractivity contribution in [1.29, 1.82) is 5.26 Å². The van der Waals surface area contributed by atoms with E-state index >= 15 is 0 Å². The summed E-state index contributed by atoms with van der Waals surface area (Å²) >= 11 is 0. The van der Waals surface area contributed by atoms with E-state index in [4.69, 9.17) is 4.98 Å². The van der Waals surface area contributed by atoms with E-state index in [2.05, 4.69) is 69.4 Å². The van der Waals surface area contributed by atoms with Gasteiger partial charge in [-0.15, -0.1) is 0 Å². The van der Waals surface area contributed by atoms with Gasteiger partial charge in [0, 0.05) is 11.8 Å². The fraction of sp³-hybridized carbons (Fsp3) is 0.625. The minimum atomic E-state index is -0.0907. The van der Waals surface area contributed by atoms with Crippen molar-refractivity contribution in [2.75, 3.05) is 0 Å². The van der Waals surface area contributed by atoms with Crippen LogP contribution in [0.4, 0.5) is 0 Å². The topological polar surface area (TPSA) is 36.7 Å². The molecule has 0 saturated heterocycles. The van der Waals surface area contributed by atoms with Crippen LogP contribution in [0.25, 0.3) is 11.3 Å². The minimum absolute atomic E-state index is 0.0907. The van der Waals surface area contributed by atoms with E-state index in [1.165, 1.54) is 68.1 Å². The molecule has 2 nitrogen and oxygen atoms in total. The zero-order chi connectivity index (χ0) is 24.2. The lowest BCUT2D eigenvalue weighted by atomic mass is 9.66. The van der Waals surface area contributed by atoms with Crippen molar-refractivity contribution in [2.24, 2.45) is 11.3 Å². The second-order valence-electron chi connectivity index (χ2n) is 10.9. The van der Waals surface area contributed by atoms with Crippen molar-refractivity contribution in [3.8, 4) is 17.3 Å². The Hall–Kier alpha value is -2.14. The van der Waals surface area contributed by atoms with Gasteiger partial charge in [0.15, 0.2) is 0 Å². The number of nitrogens with zero attached hydrogens (tertiary/aromatic N) is 2. The van der Waals surface area contributed by atoms with Crippen molar-refractivity contribution in [2.45, 2.75) is 117 Å². The lowest BCUT2D eigenvalue weighted by molar-refractivity contribution is 0.198. The Labute approximate surface area is 209 Å². The van der Waals surface area contributed by atoms with Crippen molar-refractivity contribution in [3.05, 3.63) is 53.7 Å². The van der Waals surface area contributed by atoms with E-state index in [-0.39, 0.29) is 5.41 Å².